The second-order valence-corrected chi connectivity index (χ2v) is 2.22. The number of H-pyrrole nitrogens is 1. The monoisotopic (exact) mass is 163 g/mol. The van der Waals surface area contributed by atoms with Crippen LogP contribution in [0.3, 0.4) is 0 Å². The van der Waals surface area contributed by atoms with Gasteiger partial charge in [-0.2, -0.15) is 5.10 Å². The minimum atomic E-state index is 0.931. The van der Waals surface area contributed by atoms with E-state index >= 15 is 0 Å². The van der Waals surface area contributed by atoms with Gasteiger partial charge in [0.2, 0.25) is 0 Å². The largest absolute Gasteiger partial charge is 0.280 e. The van der Waals surface area contributed by atoms with Crippen molar-refractivity contribution in [1.82, 2.24) is 15.2 Å². The van der Waals surface area contributed by atoms with Gasteiger partial charge < -0.3 is 0 Å². The van der Waals surface area contributed by atoms with Crippen LogP contribution in [0.2, 0.25) is 0 Å². The second kappa shape index (κ2) is 3.85. The van der Waals surface area contributed by atoms with E-state index in [1.807, 2.05) is 32.9 Å². The van der Waals surface area contributed by atoms with Crippen LogP contribution in [0.4, 0.5) is 0 Å². The van der Waals surface area contributed by atoms with Crippen LogP contribution in [0.15, 0.2) is 18.3 Å². The molecule has 2 aromatic heterocycles. The number of aromatic nitrogens is 3. The topological polar surface area (TPSA) is 41.6 Å². The lowest BCUT2D eigenvalue weighted by molar-refractivity contribution is 1.07. The number of nitrogens with zero attached hydrogens (tertiary/aromatic N) is 2. The van der Waals surface area contributed by atoms with Crippen LogP contribution in [0.5, 0.6) is 0 Å². The van der Waals surface area contributed by atoms with Crippen LogP contribution < -0.4 is 0 Å². The summed E-state index contributed by atoms with van der Waals surface area (Å²) in [5, 5.41) is 6.89. The number of pyridine rings is 1. The predicted octanol–water partition coefficient (Wildman–Crippen LogP) is 2.29. The first-order valence-electron chi connectivity index (χ1n) is 4.13. The minimum Gasteiger partial charge on any atom is -0.280 e. The average Bonchev–Trinajstić information content (AvgIpc) is 2.53. The molecule has 1 N–H and O–H groups in total. The van der Waals surface area contributed by atoms with Gasteiger partial charge in [-0.3, -0.25) is 10.1 Å². The Balaban J connectivity index is 0.000000336. The van der Waals surface area contributed by atoms with Crippen LogP contribution in [-0.4, -0.2) is 15.2 Å². The quantitative estimate of drug-likeness (QED) is 0.647. The lowest BCUT2D eigenvalue weighted by Gasteiger charge is -1.83. The Hall–Kier alpha value is -1.38. The van der Waals surface area contributed by atoms with Gasteiger partial charge in [0.1, 0.15) is 11.0 Å². The van der Waals surface area contributed by atoms with Crippen molar-refractivity contribution in [3.8, 4) is 0 Å². The number of aromatic amines is 1. The van der Waals surface area contributed by atoms with Gasteiger partial charge in [0.25, 0.3) is 0 Å². The highest BCUT2D eigenvalue weighted by molar-refractivity contribution is 5.75. The highest BCUT2D eigenvalue weighted by Crippen LogP contribution is 2.09. The lowest BCUT2D eigenvalue weighted by atomic mass is 10.3. The molecule has 0 aliphatic heterocycles. The summed E-state index contributed by atoms with van der Waals surface area (Å²) in [5.41, 5.74) is 2.91. The molecule has 3 heteroatoms. The first kappa shape index (κ1) is 8.71. The van der Waals surface area contributed by atoms with Crippen molar-refractivity contribution in [2.45, 2.75) is 20.8 Å². The predicted molar refractivity (Wildman–Crippen MR) is 50.0 cm³/mol. The summed E-state index contributed by atoms with van der Waals surface area (Å²) >= 11 is 0. The van der Waals surface area contributed by atoms with E-state index in [2.05, 4.69) is 15.2 Å². The van der Waals surface area contributed by atoms with E-state index in [0.29, 0.717) is 0 Å². The Labute approximate surface area is 71.8 Å². The summed E-state index contributed by atoms with van der Waals surface area (Å²) in [7, 11) is 0. The second-order valence-electron chi connectivity index (χ2n) is 2.22. The summed E-state index contributed by atoms with van der Waals surface area (Å²) in [5.74, 6) is 0. The fourth-order valence-corrected chi connectivity index (χ4v) is 0.973. The molecule has 0 amide bonds. The fourth-order valence-electron chi connectivity index (χ4n) is 0.973. The summed E-state index contributed by atoms with van der Waals surface area (Å²) in [4.78, 5) is 4.15. The van der Waals surface area contributed by atoms with Gasteiger partial charge in [0.15, 0.2) is 0 Å². The zero-order valence-electron chi connectivity index (χ0n) is 7.63. The van der Waals surface area contributed by atoms with E-state index in [1.54, 1.807) is 6.20 Å². The van der Waals surface area contributed by atoms with Gasteiger partial charge in [0, 0.05) is 6.20 Å². The van der Waals surface area contributed by atoms with Gasteiger partial charge in [-0.25, -0.2) is 0 Å². The molecule has 2 aromatic rings. The molecule has 2 rings (SSSR count). The number of fused-ring (bicyclic) bond motifs is 1. The standard InChI is InChI=1S/C7H7N3.C2H6/c1-5-7-6(10-9-5)3-2-4-8-7;1-2/h2-4H,1H3,(H,9,10);1-2H3. The van der Waals surface area contributed by atoms with Crippen LogP contribution in [0, 0.1) is 6.92 Å². The maximum Gasteiger partial charge on any atom is 0.111 e. The van der Waals surface area contributed by atoms with Gasteiger partial charge in [0.05, 0.1) is 5.69 Å². The van der Waals surface area contributed by atoms with Crippen LogP contribution >= 0.6 is 0 Å². The molecule has 0 aliphatic rings. The van der Waals surface area contributed by atoms with E-state index in [0.717, 1.165) is 16.7 Å². The van der Waals surface area contributed by atoms with Crippen molar-refractivity contribution >= 4 is 11.0 Å². The molecular weight excluding hydrogens is 150 g/mol. The molecule has 0 spiro atoms. The molecule has 2 heterocycles. The summed E-state index contributed by atoms with van der Waals surface area (Å²) < 4.78 is 0. The fraction of sp³-hybridized carbons (Fsp3) is 0.333. The zero-order valence-corrected chi connectivity index (χ0v) is 7.63. The number of nitrogens with one attached hydrogen (secondary N) is 1. The van der Waals surface area contributed by atoms with E-state index < -0.39 is 0 Å². The highest BCUT2D eigenvalue weighted by atomic mass is 15.1. The average molecular weight is 163 g/mol. The van der Waals surface area contributed by atoms with E-state index in [4.69, 9.17) is 0 Å². The van der Waals surface area contributed by atoms with Crippen molar-refractivity contribution in [3.63, 3.8) is 0 Å². The molecule has 0 atom stereocenters. The summed E-state index contributed by atoms with van der Waals surface area (Å²) in [6.07, 6.45) is 1.77. The first-order chi connectivity index (χ1) is 5.88. The first-order valence-corrected chi connectivity index (χ1v) is 4.13. The SMILES string of the molecule is CC.Cc1[nH]nc2cccnc12. The van der Waals surface area contributed by atoms with E-state index in [-0.39, 0.29) is 0 Å². The molecule has 0 aromatic carbocycles. The molecule has 3 nitrogen and oxygen atoms in total. The third-order valence-electron chi connectivity index (χ3n) is 1.49. The Bertz CT molecular complexity index is 351. The molecule has 0 radical (unpaired) electrons. The van der Waals surface area contributed by atoms with Crippen molar-refractivity contribution < 1.29 is 0 Å². The van der Waals surface area contributed by atoms with E-state index in [9.17, 15) is 0 Å². The molecule has 0 bridgehead atoms. The molecule has 0 aliphatic carbocycles. The molecule has 0 unspecified atom stereocenters. The number of rotatable bonds is 0. The maximum absolute atomic E-state index is 4.15. The molecule has 0 saturated heterocycles. The van der Waals surface area contributed by atoms with Gasteiger partial charge >= 0.3 is 0 Å². The Kier molecular flexibility index (Phi) is 2.80. The van der Waals surface area contributed by atoms with Crippen molar-refractivity contribution in [1.29, 1.82) is 0 Å². The number of hydrogen-bond donors (Lipinski definition) is 1. The molecule has 64 valence electrons. The maximum atomic E-state index is 4.15. The lowest BCUT2D eigenvalue weighted by Crippen LogP contribution is -1.73. The van der Waals surface area contributed by atoms with E-state index in [1.165, 1.54) is 0 Å². The molecule has 0 saturated carbocycles. The van der Waals surface area contributed by atoms with Crippen molar-refractivity contribution in [2.75, 3.05) is 0 Å². The Morgan fingerprint density at radius 1 is 1.33 bits per heavy atom. The Morgan fingerprint density at radius 3 is 2.75 bits per heavy atom. The van der Waals surface area contributed by atoms with Gasteiger partial charge in [-0.15, -0.1) is 0 Å². The van der Waals surface area contributed by atoms with Crippen LogP contribution in [0.25, 0.3) is 11.0 Å². The summed E-state index contributed by atoms with van der Waals surface area (Å²) in [6, 6.07) is 3.81. The minimum absolute atomic E-state index is 0.931. The summed E-state index contributed by atoms with van der Waals surface area (Å²) in [6.45, 7) is 5.96. The van der Waals surface area contributed by atoms with Crippen LogP contribution in [-0.2, 0) is 0 Å². The van der Waals surface area contributed by atoms with Crippen molar-refractivity contribution in [2.24, 2.45) is 0 Å². The number of hydrogen-bond acceptors (Lipinski definition) is 2. The number of aryl methyl sites for hydroxylation is 1. The molecule has 12 heavy (non-hydrogen) atoms. The van der Waals surface area contributed by atoms with Gasteiger partial charge in [-0.05, 0) is 19.1 Å². The molecular formula is C9H13N3. The zero-order chi connectivity index (χ0) is 8.97. The van der Waals surface area contributed by atoms with Crippen LogP contribution in [0.1, 0.15) is 19.5 Å². The molecule has 0 fully saturated rings. The smallest absolute Gasteiger partial charge is 0.111 e. The van der Waals surface area contributed by atoms with Gasteiger partial charge in [-0.1, -0.05) is 13.8 Å². The van der Waals surface area contributed by atoms with Crippen molar-refractivity contribution in [3.05, 3.63) is 24.0 Å². The third-order valence-corrected chi connectivity index (χ3v) is 1.49. The highest BCUT2D eigenvalue weighted by Gasteiger charge is 1.98. The Morgan fingerprint density at radius 2 is 2.08 bits per heavy atom. The normalized spacial score (nSPS) is 9.25. The third kappa shape index (κ3) is 1.44.